The van der Waals surface area contributed by atoms with Crippen LogP contribution in [0.1, 0.15) is 52.0 Å². The summed E-state index contributed by atoms with van der Waals surface area (Å²) in [5, 5.41) is 3.09. The van der Waals surface area contributed by atoms with Crippen molar-refractivity contribution in [2.24, 2.45) is 0 Å². The van der Waals surface area contributed by atoms with Gasteiger partial charge in [0.25, 0.3) is 5.91 Å². The van der Waals surface area contributed by atoms with Crippen molar-refractivity contribution in [2.45, 2.75) is 45.1 Å². The average molecular weight is 431 g/mol. The minimum atomic E-state index is -3.66. The van der Waals surface area contributed by atoms with Gasteiger partial charge in [0.15, 0.2) is 0 Å². The molecule has 3 rings (SSSR count). The summed E-state index contributed by atoms with van der Waals surface area (Å²) >= 11 is 0. The van der Waals surface area contributed by atoms with Crippen molar-refractivity contribution in [3.8, 4) is 0 Å². The highest BCUT2D eigenvalue weighted by atomic mass is 32.2. The molecule has 7 heteroatoms. The summed E-state index contributed by atoms with van der Waals surface area (Å²) in [5.74, 6) is -0.265. The van der Waals surface area contributed by atoms with Gasteiger partial charge in [-0.25, -0.2) is 8.42 Å². The lowest BCUT2D eigenvalue weighted by Gasteiger charge is -2.26. The number of sulfonamides is 1. The van der Waals surface area contributed by atoms with E-state index in [9.17, 15) is 13.2 Å². The second-order valence-electron chi connectivity index (χ2n) is 7.79. The van der Waals surface area contributed by atoms with Crippen LogP contribution in [0.3, 0.4) is 0 Å². The predicted molar refractivity (Wildman–Crippen MR) is 117 cm³/mol. The van der Waals surface area contributed by atoms with Crippen molar-refractivity contribution in [3.05, 3.63) is 64.2 Å². The second-order valence-corrected chi connectivity index (χ2v) is 9.73. The van der Waals surface area contributed by atoms with Crippen molar-refractivity contribution in [1.29, 1.82) is 0 Å². The standard InChI is InChI=1S/C23H30N2O4S/c1-5-22(20-9-6-16(2)14-18(20)4)24-23(26)21-15-19(8-7-17(21)3)30(27,28)25-10-12-29-13-11-25/h6-9,14-15,22H,5,10-13H2,1-4H3,(H,24,26). The molecule has 1 unspecified atom stereocenters. The molecule has 0 bridgehead atoms. The zero-order chi connectivity index (χ0) is 21.9. The minimum Gasteiger partial charge on any atom is -0.379 e. The van der Waals surface area contributed by atoms with Crippen LogP contribution in [0.5, 0.6) is 0 Å². The van der Waals surface area contributed by atoms with Gasteiger partial charge < -0.3 is 10.1 Å². The third-order valence-corrected chi connectivity index (χ3v) is 7.47. The summed E-state index contributed by atoms with van der Waals surface area (Å²) in [6.07, 6.45) is 0.737. The van der Waals surface area contributed by atoms with Gasteiger partial charge in [-0.2, -0.15) is 4.31 Å². The van der Waals surface area contributed by atoms with E-state index in [0.29, 0.717) is 31.9 Å². The molecule has 2 aromatic rings. The number of aryl methyl sites for hydroxylation is 3. The van der Waals surface area contributed by atoms with Gasteiger partial charge in [0.2, 0.25) is 10.0 Å². The first-order valence-electron chi connectivity index (χ1n) is 10.3. The first-order chi connectivity index (χ1) is 14.2. The maximum absolute atomic E-state index is 13.1. The van der Waals surface area contributed by atoms with Crippen molar-refractivity contribution in [1.82, 2.24) is 9.62 Å². The van der Waals surface area contributed by atoms with Gasteiger partial charge >= 0.3 is 0 Å². The summed E-state index contributed by atoms with van der Waals surface area (Å²) in [7, 11) is -3.66. The van der Waals surface area contributed by atoms with Crippen LogP contribution in [0.2, 0.25) is 0 Å². The normalized spacial score (nSPS) is 16.3. The number of carbonyl (C=O) groups excluding carboxylic acids is 1. The van der Waals surface area contributed by atoms with Crippen LogP contribution in [-0.4, -0.2) is 44.9 Å². The fraction of sp³-hybridized carbons (Fsp3) is 0.435. The molecule has 2 aromatic carbocycles. The molecule has 1 heterocycles. The highest BCUT2D eigenvalue weighted by molar-refractivity contribution is 7.89. The number of benzene rings is 2. The van der Waals surface area contributed by atoms with E-state index >= 15 is 0 Å². The maximum atomic E-state index is 13.1. The van der Waals surface area contributed by atoms with Crippen molar-refractivity contribution in [2.75, 3.05) is 26.3 Å². The molecule has 0 radical (unpaired) electrons. The summed E-state index contributed by atoms with van der Waals surface area (Å²) in [5.41, 5.74) is 4.50. The monoisotopic (exact) mass is 430 g/mol. The number of hydrogen-bond acceptors (Lipinski definition) is 4. The van der Waals surface area contributed by atoms with E-state index < -0.39 is 10.0 Å². The molecule has 0 aliphatic carbocycles. The Morgan fingerprint density at radius 2 is 1.77 bits per heavy atom. The summed E-state index contributed by atoms with van der Waals surface area (Å²) in [4.78, 5) is 13.2. The first kappa shape index (κ1) is 22.5. The lowest BCUT2D eigenvalue weighted by molar-refractivity contribution is 0.0730. The molecule has 1 amide bonds. The molecule has 1 saturated heterocycles. The van der Waals surface area contributed by atoms with Gasteiger partial charge in [-0.1, -0.05) is 36.8 Å². The van der Waals surface area contributed by atoms with Crippen LogP contribution in [0.4, 0.5) is 0 Å². The van der Waals surface area contributed by atoms with Gasteiger partial charge in [0, 0.05) is 18.7 Å². The van der Waals surface area contributed by atoms with Crippen LogP contribution in [0.25, 0.3) is 0 Å². The molecule has 1 aliphatic rings. The topological polar surface area (TPSA) is 75.7 Å². The number of nitrogens with one attached hydrogen (secondary N) is 1. The number of carbonyl (C=O) groups is 1. The van der Waals surface area contributed by atoms with E-state index in [1.165, 1.54) is 15.9 Å². The smallest absolute Gasteiger partial charge is 0.252 e. The fourth-order valence-electron chi connectivity index (χ4n) is 3.79. The van der Waals surface area contributed by atoms with Crippen molar-refractivity contribution >= 4 is 15.9 Å². The van der Waals surface area contributed by atoms with E-state index in [-0.39, 0.29) is 16.8 Å². The van der Waals surface area contributed by atoms with Crippen LogP contribution in [0, 0.1) is 20.8 Å². The van der Waals surface area contributed by atoms with Gasteiger partial charge in [-0.05, 0) is 56.0 Å². The summed E-state index contributed by atoms with van der Waals surface area (Å²) < 4.78 is 32.6. The van der Waals surface area contributed by atoms with Crippen molar-refractivity contribution < 1.29 is 17.9 Å². The van der Waals surface area contributed by atoms with Crippen LogP contribution in [0.15, 0.2) is 41.3 Å². The number of rotatable bonds is 6. The largest absolute Gasteiger partial charge is 0.379 e. The van der Waals surface area contributed by atoms with Crippen LogP contribution >= 0.6 is 0 Å². The molecular weight excluding hydrogens is 400 g/mol. The average Bonchev–Trinajstić information content (AvgIpc) is 2.73. The number of morpholine rings is 1. The molecule has 0 saturated carbocycles. The first-order valence-corrected chi connectivity index (χ1v) is 11.7. The quantitative estimate of drug-likeness (QED) is 0.761. The third kappa shape index (κ3) is 4.74. The Labute approximate surface area is 179 Å². The van der Waals surface area contributed by atoms with Gasteiger partial charge in [-0.3, -0.25) is 4.79 Å². The van der Waals surface area contributed by atoms with Gasteiger partial charge in [-0.15, -0.1) is 0 Å². The fourth-order valence-corrected chi connectivity index (χ4v) is 5.23. The van der Waals surface area contributed by atoms with Gasteiger partial charge in [0.05, 0.1) is 24.2 Å². The Balaban J connectivity index is 1.87. The van der Waals surface area contributed by atoms with Crippen molar-refractivity contribution in [3.63, 3.8) is 0 Å². The number of amides is 1. The summed E-state index contributed by atoms with van der Waals surface area (Å²) in [6, 6.07) is 10.8. The molecule has 0 aromatic heterocycles. The molecule has 0 spiro atoms. The van der Waals surface area contributed by atoms with E-state index in [2.05, 4.69) is 11.4 Å². The Morgan fingerprint density at radius 3 is 2.40 bits per heavy atom. The van der Waals surface area contributed by atoms with Gasteiger partial charge in [0.1, 0.15) is 0 Å². The Kier molecular flexibility index (Phi) is 6.95. The molecule has 6 nitrogen and oxygen atoms in total. The molecule has 162 valence electrons. The van der Waals surface area contributed by atoms with E-state index in [1.54, 1.807) is 12.1 Å². The maximum Gasteiger partial charge on any atom is 0.252 e. The molecule has 1 atom stereocenters. The van der Waals surface area contributed by atoms with Crippen LogP contribution < -0.4 is 5.32 Å². The lowest BCUT2D eigenvalue weighted by atomic mass is 9.97. The highest BCUT2D eigenvalue weighted by Crippen LogP contribution is 2.24. The lowest BCUT2D eigenvalue weighted by Crippen LogP contribution is -2.40. The highest BCUT2D eigenvalue weighted by Gasteiger charge is 2.27. The predicted octanol–water partition coefficient (Wildman–Crippen LogP) is 3.51. The molecular formula is C23H30N2O4S. The zero-order valence-corrected chi connectivity index (χ0v) is 18.9. The minimum absolute atomic E-state index is 0.139. The van der Waals surface area contributed by atoms with E-state index in [0.717, 1.165) is 23.1 Å². The second kappa shape index (κ2) is 9.29. The Hall–Kier alpha value is -2.22. The van der Waals surface area contributed by atoms with E-state index in [1.807, 2.05) is 39.8 Å². The molecule has 1 N–H and O–H groups in total. The number of hydrogen-bond donors (Lipinski definition) is 1. The zero-order valence-electron chi connectivity index (χ0n) is 18.1. The Morgan fingerprint density at radius 1 is 1.07 bits per heavy atom. The molecule has 30 heavy (non-hydrogen) atoms. The third-order valence-electron chi connectivity index (χ3n) is 5.58. The SMILES string of the molecule is CCC(NC(=O)c1cc(S(=O)(=O)N2CCOCC2)ccc1C)c1ccc(C)cc1C. The number of ether oxygens (including phenoxy) is 1. The Bertz CT molecular complexity index is 1030. The molecule has 1 aliphatic heterocycles. The number of nitrogens with zero attached hydrogens (tertiary/aromatic N) is 1. The summed E-state index contributed by atoms with van der Waals surface area (Å²) in [6.45, 7) is 9.33. The van der Waals surface area contributed by atoms with E-state index in [4.69, 9.17) is 4.74 Å². The van der Waals surface area contributed by atoms with Crippen LogP contribution in [-0.2, 0) is 14.8 Å². The molecule has 1 fully saturated rings.